The highest BCUT2D eigenvalue weighted by molar-refractivity contribution is 5.83. The average Bonchev–Trinajstić information content (AvgIpc) is 3.56. The number of benzene rings is 3. The van der Waals surface area contributed by atoms with Crippen LogP contribution in [-0.4, -0.2) is 38.2 Å². The van der Waals surface area contributed by atoms with Crippen LogP contribution in [0.15, 0.2) is 90.0 Å². The van der Waals surface area contributed by atoms with Crippen LogP contribution in [0.25, 0.3) is 22.0 Å². The van der Waals surface area contributed by atoms with E-state index in [0.717, 1.165) is 17.7 Å². The van der Waals surface area contributed by atoms with Gasteiger partial charge >= 0.3 is 0 Å². The molecule has 0 radical (unpaired) electrons. The molecule has 1 fully saturated rings. The molecule has 0 saturated carbocycles. The number of aromatic amines is 2. The highest BCUT2D eigenvalue weighted by Crippen LogP contribution is 2.40. The maximum absolute atomic E-state index is 14.9. The molecule has 1 saturated heterocycles. The molecule has 1 aliphatic heterocycles. The second-order valence-electron chi connectivity index (χ2n) is 9.08. The van der Waals surface area contributed by atoms with E-state index < -0.39 is 0 Å². The molecule has 1 aliphatic rings. The summed E-state index contributed by atoms with van der Waals surface area (Å²) in [4.78, 5) is 23.4. The summed E-state index contributed by atoms with van der Waals surface area (Å²) in [6.07, 6.45) is 3.51. The second kappa shape index (κ2) is 8.92. The number of fused-ring (bicyclic) bond motifs is 1. The van der Waals surface area contributed by atoms with Crippen LogP contribution in [0.3, 0.4) is 0 Å². The molecule has 5 aromatic rings. The summed E-state index contributed by atoms with van der Waals surface area (Å²) in [6, 6.07) is 22.8. The number of halogens is 1. The van der Waals surface area contributed by atoms with E-state index in [-0.39, 0.29) is 23.2 Å². The third kappa shape index (κ3) is 4.15. The fourth-order valence-electron chi connectivity index (χ4n) is 5.14. The molecule has 6 rings (SSSR count). The van der Waals surface area contributed by atoms with Gasteiger partial charge in [-0.15, -0.1) is 0 Å². The van der Waals surface area contributed by atoms with Gasteiger partial charge in [0, 0.05) is 43.2 Å². The summed E-state index contributed by atoms with van der Waals surface area (Å²) in [7, 11) is 0. The van der Waals surface area contributed by atoms with Crippen molar-refractivity contribution in [3.8, 4) is 11.1 Å². The van der Waals surface area contributed by atoms with Crippen molar-refractivity contribution in [2.75, 3.05) is 13.1 Å². The minimum Gasteiger partial charge on any atom is -0.310 e. The first-order chi connectivity index (χ1) is 17.2. The van der Waals surface area contributed by atoms with Gasteiger partial charge in [-0.2, -0.15) is 5.10 Å². The lowest BCUT2D eigenvalue weighted by atomic mass is 9.88. The lowest BCUT2D eigenvalue weighted by molar-refractivity contribution is 0.322. The van der Waals surface area contributed by atoms with Crippen LogP contribution >= 0.6 is 0 Å². The lowest BCUT2D eigenvalue weighted by Crippen LogP contribution is -2.21. The average molecular weight is 466 g/mol. The van der Waals surface area contributed by atoms with Crippen molar-refractivity contribution in [1.82, 2.24) is 25.1 Å². The second-order valence-corrected chi connectivity index (χ2v) is 9.08. The van der Waals surface area contributed by atoms with E-state index >= 15 is 0 Å². The molecule has 2 N–H and O–H groups in total. The van der Waals surface area contributed by atoms with E-state index in [2.05, 4.69) is 32.2 Å². The lowest BCUT2D eigenvalue weighted by Gasteiger charge is -2.19. The predicted octanol–water partition coefficient (Wildman–Crippen LogP) is 4.84. The van der Waals surface area contributed by atoms with Crippen LogP contribution in [0, 0.1) is 5.82 Å². The van der Waals surface area contributed by atoms with E-state index in [1.807, 2.05) is 48.5 Å². The van der Waals surface area contributed by atoms with Gasteiger partial charge in [0.15, 0.2) is 0 Å². The first-order valence-electron chi connectivity index (χ1n) is 11.7. The topological polar surface area (TPSA) is 77.7 Å². The number of hydrogen-bond donors (Lipinski definition) is 2. The SMILES string of the molecule is O=c1[nH]c([C@@H]2CN(Cc3ccccc3)C[C@H]2c2ccccc2F)nc2ccc(-c3cn[nH]c3)cc12. The molecule has 0 bridgehead atoms. The Labute approximate surface area is 201 Å². The zero-order chi connectivity index (χ0) is 23.8. The number of rotatable bonds is 5. The molecule has 7 heteroatoms. The summed E-state index contributed by atoms with van der Waals surface area (Å²) < 4.78 is 14.9. The summed E-state index contributed by atoms with van der Waals surface area (Å²) in [6.45, 7) is 2.12. The molecule has 3 heterocycles. The molecule has 2 atom stereocenters. The molecule has 174 valence electrons. The summed E-state index contributed by atoms with van der Waals surface area (Å²) in [5.74, 6) is 0.117. The Hall–Kier alpha value is -4.10. The van der Waals surface area contributed by atoms with Crippen LogP contribution in [0.2, 0.25) is 0 Å². The fraction of sp³-hybridized carbons (Fsp3) is 0.179. The van der Waals surface area contributed by atoms with Crippen molar-refractivity contribution < 1.29 is 4.39 Å². The molecule has 0 aliphatic carbocycles. The summed E-state index contributed by atoms with van der Waals surface area (Å²) in [5, 5.41) is 7.31. The van der Waals surface area contributed by atoms with E-state index in [4.69, 9.17) is 4.98 Å². The van der Waals surface area contributed by atoms with Gasteiger partial charge in [0.2, 0.25) is 0 Å². The number of aromatic nitrogens is 4. The Balaban J connectivity index is 1.39. The Morgan fingerprint density at radius 1 is 0.943 bits per heavy atom. The van der Waals surface area contributed by atoms with Gasteiger partial charge in [-0.05, 0) is 34.9 Å². The molecular formula is C28H24FN5O. The van der Waals surface area contributed by atoms with Crippen LogP contribution in [0.5, 0.6) is 0 Å². The van der Waals surface area contributed by atoms with Crippen molar-refractivity contribution in [3.05, 3.63) is 118 Å². The third-order valence-corrected chi connectivity index (χ3v) is 6.86. The minimum absolute atomic E-state index is 0.120. The van der Waals surface area contributed by atoms with Gasteiger partial charge in [-0.25, -0.2) is 9.37 Å². The Bertz CT molecular complexity index is 1530. The van der Waals surface area contributed by atoms with Gasteiger partial charge in [0.25, 0.3) is 5.56 Å². The normalized spacial score (nSPS) is 18.3. The van der Waals surface area contributed by atoms with Gasteiger partial charge in [0.1, 0.15) is 11.6 Å². The first kappa shape index (κ1) is 21.4. The van der Waals surface area contributed by atoms with Crippen LogP contribution in [0.1, 0.15) is 28.8 Å². The van der Waals surface area contributed by atoms with E-state index in [9.17, 15) is 9.18 Å². The van der Waals surface area contributed by atoms with E-state index in [1.54, 1.807) is 18.5 Å². The highest BCUT2D eigenvalue weighted by atomic mass is 19.1. The molecular weight excluding hydrogens is 441 g/mol. The van der Waals surface area contributed by atoms with Gasteiger partial charge in [0.05, 0.1) is 17.1 Å². The minimum atomic E-state index is -0.225. The number of likely N-dealkylation sites (tertiary alicyclic amines) is 1. The molecule has 0 spiro atoms. The maximum atomic E-state index is 14.9. The van der Waals surface area contributed by atoms with Gasteiger partial charge < -0.3 is 4.98 Å². The van der Waals surface area contributed by atoms with E-state index in [0.29, 0.717) is 35.4 Å². The standard InChI is InChI=1S/C28H24FN5O/c29-25-9-5-4-8-21(25)23-16-34(15-18-6-2-1-3-7-18)17-24(23)27-32-26-11-10-19(20-13-30-31-14-20)12-22(26)28(35)33-27/h1-14,23-24H,15-17H2,(H,30,31)(H,32,33,35)/t23-,24+/m0/s1. The zero-order valence-corrected chi connectivity index (χ0v) is 19.0. The number of hydrogen-bond acceptors (Lipinski definition) is 4. The quantitative estimate of drug-likeness (QED) is 0.390. The van der Waals surface area contributed by atoms with Gasteiger partial charge in [-0.1, -0.05) is 54.6 Å². The first-order valence-corrected chi connectivity index (χ1v) is 11.7. The Kier molecular flexibility index (Phi) is 5.47. The Morgan fingerprint density at radius 2 is 1.74 bits per heavy atom. The number of nitrogens with zero attached hydrogens (tertiary/aromatic N) is 3. The highest BCUT2D eigenvalue weighted by Gasteiger charge is 2.37. The molecule has 3 aromatic carbocycles. The van der Waals surface area contributed by atoms with E-state index in [1.165, 1.54) is 11.6 Å². The number of H-pyrrole nitrogens is 2. The third-order valence-electron chi connectivity index (χ3n) is 6.86. The zero-order valence-electron chi connectivity index (χ0n) is 19.0. The van der Waals surface area contributed by atoms with Crippen LogP contribution < -0.4 is 5.56 Å². The van der Waals surface area contributed by atoms with Gasteiger partial charge in [-0.3, -0.25) is 14.8 Å². The summed E-state index contributed by atoms with van der Waals surface area (Å²) >= 11 is 0. The van der Waals surface area contributed by atoms with Crippen molar-refractivity contribution in [3.63, 3.8) is 0 Å². The number of nitrogens with one attached hydrogen (secondary N) is 2. The monoisotopic (exact) mass is 465 g/mol. The van der Waals surface area contributed by atoms with Crippen molar-refractivity contribution in [2.45, 2.75) is 18.4 Å². The smallest absolute Gasteiger partial charge is 0.258 e. The summed E-state index contributed by atoms with van der Waals surface area (Å²) in [5.41, 5.74) is 4.10. The molecule has 2 aromatic heterocycles. The van der Waals surface area contributed by atoms with Crippen molar-refractivity contribution >= 4 is 10.9 Å². The fourth-order valence-corrected chi connectivity index (χ4v) is 5.14. The Morgan fingerprint density at radius 3 is 2.54 bits per heavy atom. The predicted molar refractivity (Wildman–Crippen MR) is 134 cm³/mol. The molecule has 35 heavy (non-hydrogen) atoms. The molecule has 6 nitrogen and oxygen atoms in total. The maximum Gasteiger partial charge on any atom is 0.258 e. The largest absolute Gasteiger partial charge is 0.310 e. The van der Waals surface area contributed by atoms with Crippen molar-refractivity contribution in [2.24, 2.45) is 0 Å². The van der Waals surface area contributed by atoms with Crippen molar-refractivity contribution in [1.29, 1.82) is 0 Å². The molecule has 0 unspecified atom stereocenters. The van der Waals surface area contributed by atoms with Crippen LogP contribution in [0.4, 0.5) is 4.39 Å². The molecule has 0 amide bonds. The van der Waals surface area contributed by atoms with Crippen LogP contribution in [-0.2, 0) is 6.54 Å².